The van der Waals surface area contributed by atoms with E-state index in [9.17, 15) is 14.8 Å². The molecular formula is C27H30N4O5. The minimum atomic E-state index is -0.0850. The molecule has 9 nitrogen and oxygen atoms in total. The van der Waals surface area contributed by atoms with Gasteiger partial charge in [-0.25, -0.2) is 0 Å². The molecule has 6 rings (SSSR count). The first kappa shape index (κ1) is 23.0. The van der Waals surface area contributed by atoms with Gasteiger partial charge < -0.3 is 20.2 Å². The number of nitrogens with one attached hydrogen (secondary N) is 1. The molecule has 1 aromatic heterocycles. The van der Waals surface area contributed by atoms with E-state index in [0.29, 0.717) is 54.3 Å². The summed E-state index contributed by atoms with van der Waals surface area (Å²) in [5.74, 6) is 0.0681. The van der Waals surface area contributed by atoms with Gasteiger partial charge in [-0.3, -0.25) is 14.2 Å². The lowest BCUT2D eigenvalue weighted by molar-refractivity contribution is -0.782. The minimum Gasteiger partial charge on any atom is -0.381 e. The maximum absolute atomic E-state index is 13.2. The van der Waals surface area contributed by atoms with Gasteiger partial charge in [0.2, 0.25) is 16.9 Å². The molecule has 2 aliphatic heterocycles. The van der Waals surface area contributed by atoms with Crippen molar-refractivity contribution in [1.82, 2.24) is 15.4 Å². The number of amides is 2. The lowest BCUT2D eigenvalue weighted by Crippen LogP contribution is -2.46. The van der Waals surface area contributed by atoms with Crippen molar-refractivity contribution >= 4 is 22.8 Å². The Morgan fingerprint density at radius 3 is 2.58 bits per heavy atom. The van der Waals surface area contributed by atoms with Crippen LogP contribution in [-0.4, -0.2) is 54.7 Å². The molecule has 3 aliphatic rings. The molecule has 3 aromatic rings. The van der Waals surface area contributed by atoms with E-state index in [1.165, 1.54) is 5.56 Å². The third kappa shape index (κ3) is 4.01. The average Bonchev–Trinajstić information content (AvgIpc) is 3.51. The molecule has 1 N–H and O–H groups in total. The normalized spacial score (nSPS) is 22.4. The Morgan fingerprint density at radius 2 is 1.83 bits per heavy atom. The van der Waals surface area contributed by atoms with Crippen LogP contribution in [0.1, 0.15) is 48.0 Å². The highest BCUT2D eigenvalue weighted by Gasteiger charge is 2.58. The molecule has 9 heteroatoms. The largest absolute Gasteiger partial charge is 0.381 e. The summed E-state index contributed by atoms with van der Waals surface area (Å²) in [6.07, 6.45) is 4.33. The van der Waals surface area contributed by atoms with E-state index in [4.69, 9.17) is 4.74 Å². The first-order valence-corrected chi connectivity index (χ1v) is 12.7. The number of likely N-dealkylation sites (tertiary alicyclic amines) is 1. The molecular weight excluding hydrogens is 460 g/mol. The molecule has 1 unspecified atom stereocenters. The van der Waals surface area contributed by atoms with E-state index in [-0.39, 0.29) is 28.6 Å². The Bertz CT molecular complexity index is 1280. The fourth-order valence-electron chi connectivity index (χ4n) is 6.12. The Kier molecular flexibility index (Phi) is 5.67. The maximum atomic E-state index is 13.2. The second-order valence-corrected chi connectivity index (χ2v) is 10.5. The number of aromatic nitrogens is 2. The van der Waals surface area contributed by atoms with Crippen LogP contribution >= 0.6 is 0 Å². The second kappa shape index (κ2) is 8.89. The van der Waals surface area contributed by atoms with Crippen molar-refractivity contribution in [3.63, 3.8) is 0 Å². The van der Waals surface area contributed by atoms with Crippen LogP contribution in [-0.2, 0) is 14.9 Å². The quantitative estimate of drug-likeness (QED) is 0.551. The van der Waals surface area contributed by atoms with Gasteiger partial charge in [0, 0.05) is 61.0 Å². The predicted octanol–water partition coefficient (Wildman–Crippen LogP) is 2.57. The Balaban J connectivity index is 1.06. The number of piperidine rings is 1. The highest BCUT2D eigenvalue weighted by atomic mass is 16.8. The summed E-state index contributed by atoms with van der Waals surface area (Å²) in [5, 5.41) is 18.5. The third-order valence-electron chi connectivity index (χ3n) is 8.62. The molecule has 3 heterocycles. The highest BCUT2D eigenvalue weighted by molar-refractivity contribution is 5.97. The summed E-state index contributed by atoms with van der Waals surface area (Å²) in [5.41, 5.74) is 2.33. The molecule has 1 spiro atoms. The van der Waals surface area contributed by atoms with Crippen molar-refractivity contribution in [3.8, 4) is 0 Å². The van der Waals surface area contributed by atoms with Gasteiger partial charge in [-0.2, -0.15) is 0 Å². The van der Waals surface area contributed by atoms with Crippen LogP contribution in [0.4, 0.5) is 0 Å². The molecule has 2 aromatic carbocycles. The van der Waals surface area contributed by atoms with Gasteiger partial charge >= 0.3 is 0 Å². The monoisotopic (exact) mass is 490 g/mol. The number of carbonyl (C=O) groups excluding carboxylic acids is 2. The summed E-state index contributed by atoms with van der Waals surface area (Å²) in [6, 6.07) is 15.2. The molecule has 0 bridgehead atoms. The zero-order valence-electron chi connectivity index (χ0n) is 20.2. The fraction of sp³-hybridized carbons (Fsp3) is 0.481. The summed E-state index contributed by atoms with van der Waals surface area (Å²) in [4.78, 5) is 28.4. The Morgan fingerprint density at radius 1 is 1.08 bits per heavy atom. The highest BCUT2D eigenvalue weighted by Crippen LogP contribution is 2.59. The number of carbonyl (C=O) groups is 2. The average molecular weight is 491 g/mol. The number of nitrogens with zero attached hydrogens (tertiary/aromatic N) is 3. The van der Waals surface area contributed by atoms with Gasteiger partial charge in [0.1, 0.15) is 0 Å². The van der Waals surface area contributed by atoms with Gasteiger partial charge in [-0.1, -0.05) is 30.3 Å². The number of hydrogen-bond donors (Lipinski definition) is 1. The van der Waals surface area contributed by atoms with E-state index in [1.807, 2.05) is 11.0 Å². The topological polar surface area (TPSA) is 112 Å². The molecule has 0 radical (unpaired) electrons. The van der Waals surface area contributed by atoms with E-state index in [1.54, 1.807) is 18.2 Å². The zero-order valence-corrected chi connectivity index (χ0v) is 20.2. The second-order valence-electron chi connectivity index (χ2n) is 10.5. The Labute approximate surface area is 208 Å². The Hall–Kier alpha value is -3.46. The summed E-state index contributed by atoms with van der Waals surface area (Å²) in [6.45, 7) is 3.29. The van der Waals surface area contributed by atoms with E-state index in [2.05, 4.69) is 39.4 Å². The lowest BCUT2D eigenvalue weighted by Gasteiger charge is -2.38. The van der Waals surface area contributed by atoms with Crippen molar-refractivity contribution < 1.29 is 23.9 Å². The van der Waals surface area contributed by atoms with Crippen molar-refractivity contribution in [1.29, 1.82) is 0 Å². The van der Waals surface area contributed by atoms with Crippen LogP contribution in [0.2, 0.25) is 0 Å². The van der Waals surface area contributed by atoms with Gasteiger partial charge in [0.25, 0.3) is 5.91 Å². The standard InChI is InChI=1S/C27H30N4O5/c32-24(28-18-27(10-14-35-15-11-27)20-4-2-1-3-5-20)21-17-26(21)8-12-30(13-9-26)25(33)19-6-7-23-22(16-19)29-36-31(23)34/h1-7,16,21H,8-15,17-18H2,(H,28,32). The molecule has 2 saturated heterocycles. The van der Waals surface area contributed by atoms with E-state index >= 15 is 0 Å². The van der Waals surface area contributed by atoms with Crippen molar-refractivity contribution in [3.05, 3.63) is 64.9 Å². The molecule has 2 amide bonds. The summed E-state index contributed by atoms with van der Waals surface area (Å²) >= 11 is 0. The number of rotatable bonds is 5. The lowest BCUT2D eigenvalue weighted by atomic mass is 9.74. The van der Waals surface area contributed by atoms with Crippen molar-refractivity contribution in [2.75, 3.05) is 32.8 Å². The fourth-order valence-corrected chi connectivity index (χ4v) is 6.12. The molecule has 188 valence electrons. The molecule has 1 saturated carbocycles. The minimum absolute atomic E-state index is 0.000612. The first-order valence-electron chi connectivity index (χ1n) is 12.7. The summed E-state index contributed by atoms with van der Waals surface area (Å²) in [7, 11) is 0. The van der Waals surface area contributed by atoms with Crippen LogP contribution in [0.5, 0.6) is 0 Å². The number of fused-ring (bicyclic) bond motifs is 1. The van der Waals surface area contributed by atoms with Crippen LogP contribution in [0.3, 0.4) is 0 Å². The molecule has 3 fully saturated rings. The zero-order chi connectivity index (χ0) is 24.8. The molecule has 1 aliphatic carbocycles. The van der Waals surface area contributed by atoms with E-state index < -0.39 is 0 Å². The molecule has 1 atom stereocenters. The van der Waals surface area contributed by atoms with Gasteiger partial charge in [0.15, 0.2) is 0 Å². The first-order chi connectivity index (χ1) is 17.5. The maximum Gasteiger partial charge on any atom is 0.254 e. The number of benzene rings is 2. The van der Waals surface area contributed by atoms with Gasteiger partial charge in [-0.05, 0) is 60.1 Å². The third-order valence-corrected chi connectivity index (χ3v) is 8.62. The predicted molar refractivity (Wildman–Crippen MR) is 130 cm³/mol. The molecule has 36 heavy (non-hydrogen) atoms. The van der Waals surface area contributed by atoms with Crippen LogP contribution < -0.4 is 10.2 Å². The summed E-state index contributed by atoms with van der Waals surface area (Å²) < 4.78 is 10.2. The van der Waals surface area contributed by atoms with Gasteiger partial charge in [-0.15, -0.1) is 0 Å². The number of ether oxygens (including phenoxy) is 1. The van der Waals surface area contributed by atoms with E-state index in [0.717, 1.165) is 32.1 Å². The van der Waals surface area contributed by atoms with Crippen molar-refractivity contribution in [2.24, 2.45) is 11.3 Å². The van der Waals surface area contributed by atoms with Crippen LogP contribution in [0.25, 0.3) is 11.0 Å². The van der Waals surface area contributed by atoms with Crippen LogP contribution in [0, 0.1) is 16.5 Å². The SMILES string of the molecule is O=C(NCC1(c2ccccc2)CCOCC1)C1CC12CCN(C(=O)c1ccc3c(c1)no[n+]3[O-])CC2. The smallest absolute Gasteiger partial charge is 0.254 e. The van der Waals surface area contributed by atoms with Crippen molar-refractivity contribution in [2.45, 2.75) is 37.5 Å². The van der Waals surface area contributed by atoms with Crippen LogP contribution in [0.15, 0.2) is 53.2 Å². The van der Waals surface area contributed by atoms with Gasteiger partial charge in [0.05, 0.1) is 0 Å². The number of hydrogen-bond acceptors (Lipinski definition) is 6.